The van der Waals surface area contributed by atoms with Crippen molar-refractivity contribution in [1.82, 2.24) is 10.2 Å². The molecule has 2 unspecified atom stereocenters. The molecule has 0 amide bonds. The maximum Gasteiger partial charge on any atom is 0.00502 e. The lowest BCUT2D eigenvalue weighted by atomic mass is 9.69. The van der Waals surface area contributed by atoms with E-state index in [1.807, 2.05) is 0 Å². The van der Waals surface area contributed by atoms with E-state index in [0.29, 0.717) is 5.41 Å². The maximum absolute atomic E-state index is 3.64. The minimum absolute atomic E-state index is 0.540. The van der Waals surface area contributed by atoms with Gasteiger partial charge in [0.15, 0.2) is 0 Å². The van der Waals surface area contributed by atoms with Crippen LogP contribution in [-0.4, -0.2) is 37.6 Å². The Hall–Kier alpha value is -0.0800. The van der Waals surface area contributed by atoms with Crippen LogP contribution < -0.4 is 5.32 Å². The summed E-state index contributed by atoms with van der Waals surface area (Å²) >= 11 is 0. The van der Waals surface area contributed by atoms with Gasteiger partial charge in [0.05, 0.1) is 0 Å². The van der Waals surface area contributed by atoms with Crippen LogP contribution in [0.4, 0.5) is 0 Å². The van der Waals surface area contributed by atoms with E-state index < -0.39 is 0 Å². The van der Waals surface area contributed by atoms with Crippen molar-refractivity contribution >= 4 is 0 Å². The third-order valence-electron chi connectivity index (χ3n) is 4.57. The van der Waals surface area contributed by atoms with Crippen LogP contribution >= 0.6 is 0 Å². The summed E-state index contributed by atoms with van der Waals surface area (Å²) in [5.41, 5.74) is 0.540. The van der Waals surface area contributed by atoms with E-state index in [1.165, 1.54) is 64.7 Å². The summed E-state index contributed by atoms with van der Waals surface area (Å²) in [4.78, 5) is 2.72. The molecule has 0 radical (unpaired) electrons. The lowest BCUT2D eigenvalue weighted by molar-refractivity contribution is 0.0802. The molecule has 1 fully saturated rings. The zero-order chi connectivity index (χ0) is 14.1. The second-order valence-corrected chi connectivity index (χ2v) is 6.76. The fourth-order valence-corrected chi connectivity index (χ4v) is 3.90. The smallest absolute Gasteiger partial charge is 0.00502 e. The van der Waals surface area contributed by atoms with Gasteiger partial charge in [-0.3, -0.25) is 0 Å². The Kier molecular flexibility index (Phi) is 8.01. The lowest BCUT2D eigenvalue weighted by Crippen LogP contribution is -2.47. The molecule has 2 heteroatoms. The van der Waals surface area contributed by atoms with Gasteiger partial charge in [-0.2, -0.15) is 0 Å². The van der Waals surface area contributed by atoms with Crippen LogP contribution in [0.2, 0.25) is 0 Å². The Morgan fingerprint density at radius 2 is 1.84 bits per heavy atom. The van der Waals surface area contributed by atoms with Crippen LogP contribution in [0.15, 0.2) is 0 Å². The predicted octanol–water partition coefficient (Wildman–Crippen LogP) is 3.91. The van der Waals surface area contributed by atoms with Gasteiger partial charge in [-0.1, -0.05) is 40.5 Å². The molecule has 0 bridgehead atoms. The highest BCUT2D eigenvalue weighted by atomic mass is 15.1. The molecule has 0 heterocycles. The van der Waals surface area contributed by atoms with Crippen LogP contribution in [-0.2, 0) is 0 Å². The topological polar surface area (TPSA) is 15.3 Å². The first kappa shape index (κ1) is 17.0. The number of hydrogen-bond donors (Lipinski definition) is 1. The normalized spacial score (nSPS) is 27.9. The summed E-state index contributed by atoms with van der Waals surface area (Å²) in [5.74, 6) is 0.914. The average Bonchev–Trinajstić information content (AvgIpc) is 2.37. The molecular formula is C17H36N2. The van der Waals surface area contributed by atoms with Crippen molar-refractivity contribution < 1.29 is 0 Å². The van der Waals surface area contributed by atoms with Gasteiger partial charge in [-0.05, 0) is 56.7 Å². The highest BCUT2D eigenvalue weighted by Gasteiger charge is 2.35. The maximum atomic E-state index is 3.64. The Morgan fingerprint density at radius 1 is 1.16 bits per heavy atom. The van der Waals surface area contributed by atoms with E-state index in [2.05, 4.69) is 37.9 Å². The van der Waals surface area contributed by atoms with E-state index in [0.717, 1.165) is 12.5 Å². The van der Waals surface area contributed by atoms with Crippen LogP contribution in [0.25, 0.3) is 0 Å². The Balaban J connectivity index is 2.65. The summed E-state index contributed by atoms with van der Waals surface area (Å²) in [7, 11) is 0. The monoisotopic (exact) mass is 268 g/mol. The highest BCUT2D eigenvalue weighted by molar-refractivity contribution is 4.89. The molecule has 0 aromatic heterocycles. The molecule has 0 aromatic carbocycles. The van der Waals surface area contributed by atoms with Gasteiger partial charge in [0, 0.05) is 13.1 Å². The molecule has 0 saturated heterocycles. The van der Waals surface area contributed by atoms with Gasteiger partial charge in [-0.25, -0.2) is 0 Å². The average molecular weight is 268 g/mol. The number of rotatable bonds is 9. The SMILES string of the molecule is CCCN(CCC)CC1(CNCC)CCCC(C)C1. The molecule has 2 nitrogen and oxygen atoms in total. The molecule has 1 rings (SSSR count). The van der Waals surface area contributed by atoms with Gasteiger partial charge < -0.3 is 10.2 Å². The van der Waals surface area contributed by atoms with Gasteiger partial charge in [0.1, 0.15) is 0 Å². The summed E-state index contributed by atoms with van der Waals surface area (Å²) in [6.45, 7) is 15.5. The fraction of sp³-hybridized carbons (Fsp3) is 1.00. The van der Waals surface area contributed by atoms with Gasteiger partial charge in [0.25, 0.3) is 0 Å². The molecule has 1 aliphatic rings. The second kappa shape index (κ2) is 8.97. The molecule has 114 valence electrons. The lowest BCUT2D eigenvalue weighted by Gasteiger charge is -2.43. The first-order valence-corrected chi connectivity index (χ1v) is 8.59. The number of hydrogen-bond acceptors (Lipinski definition) is 2. The van der Waals surface area contributed by atoms with Crippen LogP contribution in [0.5, 0.6) is 0 Å². The Morgan fingerprint density at radius 3 is 2.37 bits per heavy atom. The molecule has 2 atom stereocenters. The first-order chi connectivity index (χ1) is 9.15. The van der Waals surface area contributed by atoms with Crippen molar-refractivity contribution in [2.24, 2.45) is 11.3 Å². The molecule has 0 aromatic rings. The molecule has 0 spiro atoms. The largest absolute Gasteiger partial charge is 0.316 e. The van der Waals surface area contributed by atoms with Gasteiger partial charge in [-0.15, -0.1) is 0 Å². The van der Waals surface area contributed by atoms with E-state index in [9.17, 15) is 0 Å². The summed E-state index contributed by atoms with van der Waals surface area (Å²) in [6.07, 6.45) is 8.28. The molecule has 19 heavy (non-hydrogen) atoms. The minimum Gasteiger partial charge on any atom is -0.316 e. The summed E-state index contributed by atoms with van der Waals surface area (Å²) in [6, 6.07) is 0. The molecular weight excluding hydrogens is 232 g/mol. The molecule has 1 N–H and O–H groups in total. The van der Waals surface area contributed by atoms with Crippen molar-refractivity contribution in [3.8, 4) is 0 Å². The third-order valence-corrected chi connectivity index (χ3v) is 4.57. The minimum atomic E-state index is 0.540. The molecule has 1 saturated carbocycles. The first-order valence-electron chi connectivity index (χ1n) is 8.59. The van der Waals surface area contributed by atoms with E-state index in [4.69, 9.17) is 0 Å². The van der Waals surface area contributed by atoms with E-state index in [1.54, 1.807) is 0 Å². The summed E-state index contributed by atoms with van der Waals surface area (Å²) < 4.78 is 0. The molecule has 0 aliphatic heterocycles. The Bertz CT molecular complexity index is 223. The number of nitrogens with zero attached hydrogens (tertiary/aromatic N) is 1. The van der Waals surface area contributed by atoms with Gasteiger partial charge in [0.2, 0.25) is 0 Å². The zero-order valence-corrected chi connectivity index (χ0v) is 13.8. The van der Waals surface area contributed by atoms with Crippen molar-refractivity contribution in [3.63, 3.8) is 0 Å². The van der Waals surface area contributed by atoms with Crippen LogP contribution in [0, 0.1) is 11.3 Å². The third kappa shape index (κ3) is 5.83. The number of nitrogens with one attached hydrogen (secondary N) is 1. The van der Waals surface area contributed by atoms with Crippen molar-refractivity contribution in [3.05, 3.63) is 0 Å². The second-order valence-electron chi connectivity index (χ2n) is 6.76. The highest BCUT2D eigenvalue weighted by Crippen LogP contribution is 2.39. The van der Waals surface area contributed by atoms with E-state index in [-0.39, 0.29) is 0 Å². The van der Waals surface area contributed by atoms with Gasteiger partial charge >= 0.3 is 0 Å². The summed E-state index contributed by atoms with van der Waals surface area (Å²) in [5, 5.41) is 3.64. The van der Waals surface area contributed by atoms with E-state index >= 15 is 0 Å². The molecule has 1 aliphatic carbocycles. The standard InChI is InChI=1S/C17H36N2/c1-5-11-19(12-6-2)15-17(14-18-7-3)10-8-9-16(4)13-17/h16,18H,5-15H2,1-4H3. The quantitative estimate of drug-likeness (QED) is 0.682. The predicted molar refractivity (Wildman–Crippen MR) is 85.6 cm³/mol. The fourth-order valence-electron chi connectivity index (χ4n) is 3.90. The zero-order valence-electron chi connectivity index (χ0n) is 13.8. The van der Waals surface area contributed by atoms with Crippen molar-refractivity contribution in [1.29, 1.82) is 0 Å². The van der Waals surface area contributed by atoms with Crippen LogP contribution in [0.3, 0.4) is 0 Å². The Labute approximate surface area is 121 Å². The van der Waals surface area contributed by atoms with Crippen molar-refractivity contribution in [2.75, 3.05) is 32.7 Å². The van der Waals surface area contributed by atoms with Crippen molar-refractivity contribution in [2.45, 2.75) is 66.2 Å². The van der Waals surface area contributed by atoms with Crippen LogP contribution in [0.1, 0.15) is 66.2 Å².